The summed E-state index contributed by atoms with van der Waals surface area (Å²) in [5, 5.41) is 0. The predicted octanol–water partition coefficient (Wildman–Crippen LogP) is 2.63. The molecule has 0 saturated carbocycles. The van der Waals surface area contributed by atoms with Crippen LogP contribution in [0.2, 0.25) is 0 Å². The normalized spacial score (nSPS) is 14.1. The molecule has 0 spiro atoms. The van der Waals surface area contributed by atoms with Crippen LogP contribution in [0.1, 0.15) is 50.7 Å². The van der Waals surface area contributed by atoms with Gasteiger partial charge in [-0.15, -0.1) is 0 Å². The molecular weight excluding hydrogens is 202 g/mol. The maximum atomic E-state index is 5.48. The van der Waals surface area contributed by atoms with Gasteiger partial charge in [-0.25, -0.2) is 4.98 Å². The standard InChI is InChI=1S/C12H21N3O/c1-9(12-15-8-10(2)16-12)6-4-5-7-14-11(3)13/h8-9H,4-7H2,1-3H3,(H2,13,14)/t9-/m0/s1. The molecule has 0 amide bonds. The highest BCUT2D eigenvalue weighted by molar-refractivity contribution is 5.77. The summed E-state index contributed by atoms with van der Waals surface area (Å²) in [6.07, 6.45) is 5.05. The molecule has 90 valence electrons. The van der Waals surface area contributed by atoms with Gasteiger partial charge in [-0.1, -0.05) is 13.3 Å². The maximum Gasteiger partial charge on any atom is 0.197 e. The van der Waals surface area contributed by atoms with Crippen LogP contribution in [-0.2, 0) is 0 Å². The lowest BCUT2D eigenvalue weighted by molar-refractivity contribution is 0.422. The Morgan fingerprint density at radius 2 is 2.31 bits per heavy atom. The van der Waals surface area contributed by atoms with Crippen LogP contribution in [0.4, 0.5) is 0 Å². The van der Waals surface area contributed by atoms with E-state index in [0.717, 1.165) is 37.5 Å². The SMILES string of the molecule is CC(N)=NCCCC[C@H](C)c1ncc(C)o1. The van der Waals surface area contributed by atoms with Gasteiger partial charge in [-0.2, -0.15) is 0 Å². The van der Waals surface area contributed by atoms with Gasteiger partial charge in [0.05, 0.1) is 12.0 Å². The fourth-order valence-corrected chi connectivity index (χ4v) is 1.54. The summed E-state index contributed by atoms with van der Waals surface area (Å²) in [6, 6.07) is 0. The van der Waals surface area contributed by atoms with Crippen LogP contribution in [0, 0.1) is 6.92 Å². The Morgan fingerprint density at radius 3 is 2.88 bits per heavy atom. The summed E-state index contributed by atoms with van der Waals surface area (Å²) in [4.78, 5) is 8.38. The zero-order valence-corrected chi connectivity index (χ0v) is 10.4. The van der Waals surface area contributed by atoms with Gasteiger partial charge in [0.15, 0.2) is 5.89 Å². The fourth-order valence-electron chi connectivity index (χ4n) is 1.54. The van der Waals surface area contributed by atoms with Gasteiger partial charge >= 0.3 is 0 Å². The Labute approximate surface area is 97.0 Å². The number of hydrogen-bond donors (Lipinski definition) is 1. The highest BCUT2D eigenvalue weighted by Crippen LogP contribution is 2.20. The Morgan fingerprint density at radius 1 is 1.56 bits per heavy atom. The zero-order valence-electron chi connectivity index (χ0n) is 10.4. The predicted molar refractivity (Wildman–Crippen MR) is 65.7 cm³/mol. The van der Waals surface area contributed by atoms with Gasteiger partial charge in [0, 0.05) is 12.5 Å². The first-order chi connectivity index (χ1) is 7.59. The van der Waals surface area contributed by atoms with Gasteiger partial charge < -0.3 is 10.2 Å². The van der Waals surface area contributed by atoms with Crippen LogP contribution in [0.3, 0.4) is 0 Å². The maximum absolute atomic E-state index is 5.48. The molecule has 1 rings (SSSR count). The smallest absolute Gasteiger partial charge is 0.197 e. The molecule has 0 saturated heterocycles. The average Bonchev–Trinajstić information content (AvgIpc) is 2.63. The van der Waals surface area contributed by atoms with Crippen molar-refractivity contribution in [3.8, 4) is 0 Å². The second kappa shape index (κ2) is 6.30. The molecule has 0 fully saturated rings. The summed E-state index contributed by atoms with van der Waals surface area (Å²) in [6.45, 7) is 6.70. The molecule has 1 aromatic heterocycles. The molecule has 0 aromatic carbocycles. The summed E-state index contributed by atoms with van der Waals surface area (Å²) in [7, 11) is 0. The molecule has 0 bridgehead atoms. The second-order valence-corrected chi connectivity index (χ2v) is 4.23. The zero-order chi connectivity index (χ0) is 12.0. The molecule has 0 aliphatic carbocycles. The fraction of sp³-hybridized carbons (Fsp3) is 0.667. The molecule has 1 atom stereocenters. The number of aromatic nitrogens is 1. The molecule has 0 unspecified atom stereocenters. The van der Waals surface area contributed by atoms with Gasteiger partial charge in [0.2, 0.25) is 0 Å². The number of nitrogens with two attached hydrogens (primary N) is 1. The number of nitrogens with zero attached hydrogens (tertiary/aromatic N) is 2. The topological polar surface area (TPSA) is 64.4 Å². The summed E-state index contributed by atoms with van der Waals surface area (Å²) in [5.74, 6) is 2.77. The lowest BCUT2D eigenvalue weighted by Crippen LogP contribution is -2.06. The summed E-state index contributed by atoms with van der Waals surface area (Å²) >= 11 is 0. The second-order valence-electron chi connectivity index (χ2n) is 4.23. The summed E-state index contributed by atoms with van der Waals surface area (Å²) in [5.41, 5.74) is 5.45. The number of amidine groups is 1. The van der Waals surface area contributed by atoms with Crippen molar-refractivity contribution >= 4 is 5.84 Å². The molecule has 0 aliphatic rings. The lowest BCUT2D eigenvalue weighted by atomic mass is 10.0. The third kappa shape index (κ3) is 4.47. The molecule has 2 N–H and O–H groups in total. The Hall–Kier alpha value is -1.32. The molecule has 16 heavy (non-hydrogen) atoms. The average molecular weight is 223 g/mol. The number of unbranched alkanes of at least 4 members (excludes halogenated alkanes) is 1. The molecule has 1 aromatic rings. The van der Waals surface area contributed by atoms with Gasteiger partial charge in [0.1, 0.15) is 5.76 Å². The van der Waals surface area contributed by atoms with Crippen molar-refractivity contribution in [2.75, 3.05) is 6.54 Å². The third-order valence-electron chi connectivity index (χ3n) is 2.47. The van der Waals surface area contributed by atoms with Gasteiger partial charge in [0.25, 0.3) is 0 Å². The Kier molecular flexibility index (Phi) is 5.02. The van der Waals surface area contributed by atoms with E-state index >= 15 is 0 Å². The van der Waals surface area contributed by atoms with Crippen molar-refractivity contribution in [3.05, 3.63) is 17.8 Å². The quantitative estimate of drug-likeness (QED) is 0.458. The van der Waals surface area contributed by atoms with Crippen LogP contribution >= 0.6 is 0 Å². The van der Waals surface area contributed by atoms with Crippen molar-refractivity contribution in [3.63, 3.8) is 0 Å². The summed E-state index contributed by atoms with van der Waals surface area (Å²) < 4.78 is 5.48. The minimum Gasteiger partial charge on any atom is -0.446 e. The van der Waals surface area contributed by atoms with E-state index in [4.69, 9.17) is 10.2 Å². The highest BCUT2D eigenvalue weighted by Gasteiger charge is 2.10. The first kappa shape index (κ1) is 12.7. The molecule has 4 heteroatoms. The van der Waals surface area contributed by atoms with Crippen molar-refractivity contribution in [1.82, 2.24) is 4.98 Å². The van der Waals surface area contributed by atoms with E-state index in [-0.39, 0.29) is 0 Å². The Bertz CT molecular complexity index is 340. The van der Waals surface area contributed by atoms with E-state index in [0.29, 0.717) is 11.8 Å². The number of aryl methyl sites for hydroxylation is 1. The Balaban J connectivity index is 2.20. The van der Waals surface area contributed by atoms with Crippen LogP contribution in [0.25, 0.3) is 0 Å². The minimum atomic E-state index is 0.386. The number of rotatable bonds is 6. The first-order valence-electron chi connectivity index (χ1n) is 5.78. The van der Waals surface area contributed by atoms with E-state index < -0.39 is 0 Å². The monoisotopic (exact) mass is 223 g/mol. The molecular formula is C12H21N3O. The lowest BCUT2D eigenvalue weighted by Gasteiger charge is -2.05. The minimum absolute atomic E-state index is 0.386. The van der Waals surface area contributed by atoms with Crippen LogP contribution < -0.4 is 5.73 Å². The van der Waals surface area contributed by atoms with E-state index in [2.05, 4.69) is 16.9 Å². The third-order valence-corrected chi connectivity index (χ3v) is 2.47. The van der Waals surface area contributed by atoms with E-state index in [1.165, 1.54) is 0 Å². The largest absolute Gasteiger partial charge is 0.446 e. The van der Waals surface area contributed by atoms with Crippen molar-refractivity contribution in [2.45, 2.75) is 46.0 Å². The molecule has 1 heterocycles. The van der Waals surface area contributed by atoms with Crippen molar-refractivity contribution < 1.29 is 4.42 Å². The molecule has 0 aliphatic heterocycles. The van der Waals surface area contributed by atoms with E-state index in [1.807, 2.05) is 13.8 Å². The van der Waals surface area contributed by atoms with Gasteiger partial charge in [-0.05, 0) is 26.7 Å². The number of oxazole rings is 1. The highest BCUT2D eigenvalue weighted by atomic mass is 16.4. The van der Waals surface area contributed by atoms with Crippen LogP contribution in [-0.4, -0.2) is 17.4 Å². The van der Waals surface area contributed by atoms with Gasteiger partial charge in [-0.3, -0.25) is 4.99 Å². The van der Waals surface area contributed by atoms with Crippen LogP contribution in [0.5, 0.6) is 0 Å². The number of hydrogen-bond acceptors (Lipinski definition) is 3. The van der Waals surface area contributed by atoms with Crippen molar-refractivity contribution in [1.29, 1.82) is 0 Å². The van der Waals surface area contributed by atoms with E-state index in [9.17, 15) is 0 Å². The van der Waals surface area contributed by atoms with E-state index in [1.54, 1.807) is 6.20 Å². The molecule has 0 radical (unpaired) electrons. The first-order valence-corrected chi connectivity index (χ1v) is 5.78. The molecule has 4 nitrogen and oxygen atoms in total. The van der Waals surface area contributed by atoms with Crippen LogP contribution in [0.15, 0.2) is 15.6 Å². The number of aliphatic imine (C=N–C) groups is 1. The van der Waals surface area contributed by atoms with Crippen molar-refractivity contribution in [2.24, 2.45) is 10.7 Å².